The molecule has 1 aromatic rings. The molecule has 0 unspecified atom stereocenters. The number of benzene rings is 1. The molecule has 0 nitrogen and oxygen atoms in total. The summed E-state index contributed by atoms with van der Waals surface area (Å²) in [5.41, 5.74) is 5.27. The van der Waals surface area contributed by atoms with Crippen LogP contribution in [0.15, 0.2) is 18.2 Å². The average Bonchev–Trinajstić information content (AvgIpc) is 2.41. The summed E-state index contributed by atoms with van der Waals surface area (Å²) in [7, 11) is 0. The zero-order chi connectivity index (χ0) is 11.3. The second-order valence-corrected chi connectivity index (χ2v) is 6.51. The van der Waals surface area contributed by atoms with Crippen LogP contribution in [0.1, 0.15) is 57.7 Å². The van der Waals surface area contributed by atoms with Crippen LogP contribution >= 0.6 is 0 Å². The second-order valence-electron chi connectivity index (χ2n) is 6.51. The first-order chi connectivity index (χ1) is 6.81. The van der Waals surface area contributed by atoms with Crippen molar-refractivity contribution in [1.82, 2.24) is 0 Å². The van der Waals surface area contributed by atoms with Crippen LogP contribution in [0.25, 0.3) is 0 Å². The van der Waals surface area contributed by atoms with Crippen molar-refractivity contribution < 1.29 is 0 Å². The van der Waals surface area contributed by atoms with Crippen LogP contribution in [0, 0.1) is 0 Å². The van der Waals surface area contributed by atoms with E-state index in [0.717, 1.165) is 0 Å². The minimum atomic E-state index is 0.272. The Balaban J connectivity index is 2.51. The van der Waals surface area contributed by atoms with Gasteiger partial charge in [-0.15, -0.1) is 0 Å². The van der Waals surface area contributed by atoms with Gasteiger partial charge in [-0.25, -0.2) is 0 Å². The van der Waals surface area contributed by atoms with Crippen molar-refractivity contribution in [3.63, 3.8) is 0 Å². The Labute approximate surface area is 93.7 Å². The number of fused-ring (bicyclic) bond motifs is 1. The van der Waals surface area contributed by atoms with Gasteiger partial charge in [-0.05, 0) is 40.4 Å². The third kappa shape index (κ3) is 1.82. The van der Waals surface area contributed by atoms with E-state index in [1.54, 1.807) is 11.1 Å². The maximum absolute atomic E-state index is 2.43. The van der Waals surface area contributed by atoms with E-state index < -0.39 is 0 Å². The Morgan fingerprint density at radius 2 is 1.80 bits per heavy atom. The smallest absolute Gasteiger partial charge is 0.00976 e. The molecule has 0 spiro atoms. The lowest BCUT2D eigenvalue weighted by Crippen LogP contribution is -2.15. The maximum Gasteiger partial charge on any atom is -0.00976 e. The van der Waals surface area contributed by atoms with Gasteiger partial charge in [0, 0.05) is 0 Å². The summed E-state index contributed by atoms with van der Waals surface area (Å²) in [4.78, 5) is 0. The van der Waals surface area contributed by atoms with E-state index in [9.17, 15) is 0 Å². The van der Waals surface area contributed by atoms with E-state index in [4.69, 9.17) is 0 Å². The number of hydrogen-bond acceptors (Lipinski definition) is 0. The van der Waals surface area contributed by atoms with Gasteiger partial charge in [-0.2, -0.15) is 0 Å². The normalized spacial score (nSPS) is 19.0. The molecule has 1 aliphatic rings. The number of hydrogen-bond donors (Lipinski definition) is 0. The van der Waals surface area contributed by atoms with Gasteiger partial charge in [-0.1, -0.05) is 52.8 Å². The fraction of sp³-hybridized carbons (Fsp3) is 0.600. The first-order valence-electron chi connectivity index (χ1n) is 5.95. The zero-order valence-electron chi connectivity index (χ0n) is 10.6. The highest BCUT2D eigenvalue weighted by atomic mass is 14.3. The van der Waals surface area contributed by atoms with Crippen LogP contribution in [0.5, 0.6) is 0 Å². The molecular weight excluding hydrogens is 180 g/mol. The van der Waals surface area contributed by atoms with E-state index >= 15 is 0 Å². The Bertz CT molecular complexity index is 378. The van der Waals surface area contributed by atoms with Crippen LogP contribution in [0.4, 0.5) is 0 Å². The summed E-state index contributed by atoms with van der Waals surface area (Å²) in [5, 5.41) is 0. The molecule has 82 valence electrons. The van der Waals surface area contributed by atoms with Gasteiger partial charge in [-0.3, -0.25) is 0 Å². The van der Waals surface area contributed by atoms with Crippen molar-refractivity contribution in [3.8, 4) is 0 Å². The SMILES string of the molecule is CC(C)(C)c1ccc2c(c1)C(C)(C)CC2. The minimum Gasteiger partial charge on any atom is -0.0585 e. The van der Waals surface area contributed by atoms with Gasteiger partial charge >= 0.3 is 0 Å². The van der Waals surface area contributed by atoms with E-state index in [2.05, 4.69) is 52.8 Å². The summed E-state index contributed by atoms with van der Waals surface area (Å²) in [6.45, 7) is 11.6. The predicted molar refractivity (Wildman–Crippen MR) is 66.5 cm³/mol. The van der Waals surface area contributed by atoms with E-state index in [-0.39, 0.29) is 5.41 Å². The molecule has 15 heavy (non-hydrogen) atoms. The first kappa shape index (κ1) is 10.7. The number of aryl methyl sites for hydroxylation is 1. The molecule has 0 saturated heterocycles. The maximum atomic E-state index is 2.43. The summed E-state index contributed by atoms with van der Waals surface area (Å²) >= 11 is 0. The highest BCUT2D eigenvalue weighted by molar-refractivity contribution is 5.42. The molecule has 1 aliphatic carbocycles. The highest BCUT2D eigenvalue weighted by Gasteiger charge is 2.30. The van der Waals surface area contributed by atoms with Crippen LogP contribution in [0.2, 0.25) is 0 Å². The molecule has 0 saturated carbocycles. The zero-order valence-corrected chi connectivity index (χ0v) is 10.6. The molecule has 0 aromatic heterocycles. The quantitative estimate of drug-likeness (QED) is 0.591. The fourth-order valence-electron chi connectivity index (χ4n) is 2.47. The summed E-state index contributed by atoms with van der Waals surface area (Å²) in [5.74, 6) is 0. The molecule has 0 aliphatic heterocycles. The highest BCUT2D eigenvalue weighted by Crippen LogP contribution is 2.40. The standard InChI is InChI=1S/C15H22/c1-14(2,3)12-7-6-11-8-9-15(4,5)13(11)10-12/h6-7,10H,8-9H2,1-5H3. The lowest BCUT2D eigenvalue weighted by molar-refractivity contribution is 0.519. The van der Waals surface area contributed by atoms with Crippen molar-refractivity contribution in [3.05, 3.63) is 34.9 Å². The Kier molecular flexibility index (Phi) is 2.22. The molecule has 0 atom stereocenters. The Morgan fingerprint density at radius 1 is 1.13 bits per heavy atom. The molecule has 0 radical (unpaired) electrons. The second kappa shape index (κ2) is 3.10. The van der Waals surface area contributed by atoms with E-state index in [1.807, 2.05) is 0 Å². The molecule has 0 fully saturated rings. The Morgan fingerprint density at radius 3 is 2.40 bits per heavy atom. The minimum absolute atomic E-state index is 0.272. The lowest BCUT2D eigenvalue weighted by atomic mass is 9.81. The van der Waals surface area contributed by atoms with Crippen LogP contribution in [-0.2, 0) is 17.3 Å². The van der Waals surface area contributed by atoms with Crippen molar-refractivity contribution in [2.75, 3.05) is 0 Å². The molecule has 0 heteroatoms. The summed E-state index contributed by atoms with van der Waals surface area (Å²) in [6, 6.07) is 7.08. The monoisotopic (exact) mass is 202 g/mol. The molecular formula is C15H22. The lowest BCUT2D eigenvalue weighted by Gasteiger charge is -2.24. The van der Waals surface area contributed by atoms with Crippen LogP contribution < -0.4 is 0 Å². The Hall–Kier alpha value is -0.780. The van der Waals surface area contributed by atoms with Gasteiger partial charge in [0.05, 0.1) is 0 Å². The van der Waals surface area contributed by atoms with Crippen molar-refractivity contribution in [2.24, 2.45) is 0 Å². The molecule has 0 heterocycles. The van der Waals surface area contributed by atoms with Gasteiger partial charge < -0.3 is 0 Å². The molecule has 0 amide bonds. The van der Waals surface area contributed by atoms with E-state index in [0.29, 0.717) is 5.41 Å². The third-order valence-corrected chi connectivity index (χ3v) is 3.72. The topological polar surface area (TPSA) is 0 Å². The van der Waals surface area contributed by atoms with Crippen molar-refractivity contribution >= 4 is 0 Å². The predicted octanol–water partition coefficient (Wildman–Crippen LogP) is 4.21. The van der Waals surface area contributed by atoms with Gasteiger partial charge in [0.15, 0.2) is 0 Å². The molecule has 2 rings (SSSR count). The van der Waals surface area contributed by atoms with Gasteiger partial charge in [0.25, 0.3) is 0 Å². The van der Waals surface area contributed by atoms with Crippen molar-refractivity contribution in [2.45, 2.75) is 58.3 Å². The molecule has 0 N–H and O–H groups in total. The van der Waals surface area contributed by atoms with Crippen LogP contribution in [-0.4, -0.2) is 0 Å². The largest absolute Gasteiger partial charge is 0.0585 e. The number of rotatable bonds is 0. The van der Waals surface area contributed by atoms with Gasteiger partial charge in [0.2, 0.25) is 0 Å². The fourth-order valence-corrected chi connectivity index (χ4v) is 2.47. The summed E-state index contributed by atoms with van der Waals surface area (Å²) < 4.78 is 0. The molecule has 0 bridgehead atoms. The van der Waals surface area contributed by atoms with Crippen molar-refractivity contribution in [1.29, 1.82) is 0 Å². The molecule has 1 aromatic carbocycles. The van der Waals surface area contributed by atoms with Gasteiger partial charge in [0.1, 0.15) is 0 Å². The third-order valence-electron chi connectivity index (χ3n) is 3.72. The first-order valence-corrected chi connectivity index (χ1v) is 5.95. The van der Waals surface area contributed by atoms with Crippen LogP contribution in [0.3, 0.4) is 0 Å². The summed E-state index contributed by atoms with van der Waals surface area (Å²) in [6.07, 6.45) is 2.56. The van der Waals surface area contributed by atoms with E-state index in [1.165, 1.54) is 18.4 Å². The average molecular weight is 202 g/mol.